The Morgan fingerprint density at radius 1 is 0.962 bits per heavy atom. The van der Waals surface area contributed by atoms with Gasteiger partial charge in [-0.2, -0.15) is 0 Å². The fourth-order valence-corrected chi connectivity index (χ4v) is 3.69. The summed E-state index contributed by atoms with van der Waals surface area (Å²) >= 11 is 5.85. The van der Waals surface area contributed by atoms with Crippen molar-refractivity contribution in [2.75, 3.05) is 0 Å². The third-order valence-electron chi connectivity index (χ3n) is 3.83. The van der Waals surface area contributed by atoms with Crippen molar-refractivity contribution in [2.45, 2.75) is 4.90 Å². The number of hydrogen-bond acceptors (Lipinski definition) is 3. The molecule has 0 saturated heterocycles. The Morgan fingerprint density at radius 2 is 1.65 bits per heavy atom. The van der Waals surface area contributed by atoms with Gasteiger partial charge in [-0.3, -0.25) is 4.79 Å². The highest BCUT2D eigenvalue weighted by Gasteiger charge is 2.22. The minimum atomic E-state index is -4.12. The van der Waals surface area contributed by atoms with Crippen molar-refractivity contribution in [3.63, 3.8) is 0 Å². The molecule has 0 radical (unpaired) electrons. The second-order valence-corrected chi connectivity index (χ2v) is 7.48. The predicted molar refractivity (Wildman–Crippen MR) is 98.1 cm³/mol. The largest absolute Gasteiger partial charge is 0.288 e. The van der Waals surface area contributed by atoms with E-state index >= 15 is 0 Å². The number of primary sulfonamides is 1. The Labute approximate surface area is 155 Å². The molecular weight excluding hydrogens is 377 g/mol. The number of benzene rings is 3. The Kier molecular flexibility index (Phi) is 4.91. The van der Waals surface area contributed by atoms with Gasteiger partial charge in [-0.25, -0.2) is 17.9 Å². The van der Waals surface area contributed by atoms with Gasteiger partial charge in [-0.1, -0.05) is 54.1 Å². The SMILES string of the molecule is NS(=O)(=O)c1cc(C(=O)c2c(F)cccc2-c2ccccc2)ccc1Cl. The van der Waals surface area contributed by atoms with Crippen LogP contribution >= 0.6 is 11.6 Å². The molecule has 7 heteroatoms. The molecule has 132 valence electrons. The number of nitrogens with two attached hydrogens (primary N) is 1. The summed E-state index contributed by atoms with van der Waals surface area (Å²) in [6.45, 7) is 0. The molecule has 0 aliphatic rings. The van der Waals surface area contributed by atoms with Crippen LogP contribution in [0.2, 0.25) is 5.02 Å². The molecule has 0 amide bonds. The second kappa shape index (κ2) is 6.99. The molecule has 3 aromatic carbocycles. The Hall–Kier alpha value is -2.54. The maximum absolute atomic E-state index is 14.5. The standard InChI is InChI=1S/C19H13ClFNO3S/c20-15-10-9-13(11-17(15)26(22,24)25)19(23)18-14(7-4-8-16(18)21)12-5-2-1-3-6-12/h1-11H,(H2,22,24,25). The van der Waals surface area contributed by atoms with Crippen LogP contribution in [-0.4, -0.2) is 14.2 Å². The lowest BCUT2D eigenvalue weighted by atomic mass is 9.93. The average molecular weight is 390 g/mol. The van der Waals surface area contributed by atoms with Crippen LogP contribution in [0.25, 0.3) is 11.1 Å². The number of rotatable bonds is 4. The number of carbonyl (C=O) groups excluding carboxylic acids is 1. The van der Waals surface area contributed by atoms with E-state index in [1.165, 1.54) is 24.3 Å². The summed E-state index contributed by atoms with van der Waals surface area (Å²) in [5.41, 5.74) is 0.890. The lowest BCUT2D eigenvalue weighted by molar-refractivity contribution is 0.103. The van der Waals surface area contributed by atoms with Crippen LogP contribution in [-0.2, 0) is 10.0 Å². The van der Waals surface area contributed by atoms with Crippen LogP contribution < -0.4 is 5.14 Å². The molecule has 0 fully saturated rings. The molecule has 3 aromatic rings. The third kappa shape index (κ3) is 3.53. The smallest absolute Gasteiger partial charge is 0.239 e. The second-order valence-electron chi connectivity index (χ2n) is 5.55. The zero-order valence-corrected chi connectivity index (χ0v) is 14.9. The van der Waals surface area contributed by atoms with E-state index in [1.54, 1.807) is 30.3 Å². The molecule has 0 aliphatic carbocycles. The number of sulfonamides is 1. The van der Waals surface area contributed by atoms with E-state index in [2.05, 4.69) is 0 Å². The van der Waals surface area contributed by atoms with E-state index < -0.39 is 21.6 Å². The molecule has 0 spiro atoms. The zero-order valence-electron chi connectivity index (χ0n) is 13.3. The van der Waals surface area contributed by atoms with Crippen molar-refractivity contribution in [3.05, 3.63) is 88.7 Å². The first kappa shape index (κ1) is 18.3. The van der Waals surface area contributed by atoms with Crippen molar-refractivity contribution >= 4 is 27.4 Å². The van der Waals surface area contributed by atoms with E-state index in [4.69, 9.17) is 16.7 Å². The van der Waals surface area contributed by atoms with Gasteiger partial charge in [-0.05, 0) is 35.4 Å². The summed E-state index contributed by atoms with van der Waals surface area (Å²) < 4.78 is 37.8. The van der Waals surface area contributed by atoms with Gasteiger partial charge in [0.2, 0.25) is 10.0 Å². The van der Waals surface area contributed by atoms with E-state index in [-0.39, 0.29) is 21.0 Å². The maximum atomic E-state index is 14.5. The Morgan fingerprint density at radius 3 is 2.31 bits per heavy atom. The molecule has 0 heterocycles. The number of ketones is 1. The predicted octanol–water partition coefficient (Wildman–Crippen LogP) is 4.02. The van der Waals surface area contributed by atoms with Crippen molar-refractivity contribution in [1.29, 1.82) is 0 Å². The van der Waals surface area contributed by atoms with E-state index in [0.717, 1.165) is 6.07 Å². The van der Waals surface area contributed by atoms with E-state index in [1.807, 2.05) is 6.07 Å². The lowest BCUT2D eigenvalue weighted by Gasteiger charge is -2.11. The van der Waals surface area contributed by atoms with Crippen molar-refractivity contribution in [3.8, 4) is 11.1 Å². The highest BCUT2D eigenvalue weighted by Crippen LogP contribution is 2.29. The van der Waals surface area contributed by atoms with Gasteiger partial charge in [0.25, 0.3) is 0 Å². The maximum Gasteiger partial charge on any atom is 0.239 e. The van der Waals surface area contributed by atoms with Crippen molar-refractivity contribution < 1.29 is 17.6 Å². The van der Waals surface area contributed by atoms with Gasteiger partial charge < -0.3 is 0 Å². The highest BCUT2D eigenvalue weighted by atomic mass is 35.5. The fraction of sp³-hybridized carbons (Fsp3) is 0. The minimum Gasteiger partial charge on any atom is -0.288 e. The summed E-state index contributed by atoms with van der Waals surface area (Å²) in [4.78, 5) is 12.5. The van der Waals surface area contributed by atoms with Crippen LogP contribution in [0, 0.1) is 5.82 Å². The molecule has 0 aliphatic heterocycles. The van der Waals surface area contributed by atoms with Gasteiger partial charge in [-0.15, -0.1) is 0 Å². The molecule has 26 heavy (non-hydrogen) atoms. The summed E-state index contributed by atoms with van der Waals surface area (Å²) in [5, 5.41) is 5.01. The molecule has 0 atom stereocenters. The first-order chi connectivity index (χ1) is 12.3. The van der Waals surface area contributed by atoms with E-state index in [9.17, 15) is 17.6 Å². The summed E-state index contributed by atoms with van der Waals surface area (Å²) in [6, 6.07) is 16.8. The molecule has 0 bridgehead atoms. The van der Waals surface area contributed by atoms with Crippen LogP contribution in [0.1, 0.15) is 15.9 Å². The van der Waals surface area contributed by atoms with Crippen LogP contribution in [0.4, 0.5) is 4.39 Å². The first-order valence-electron chi connectivity index (χ1n) is 7.50. The molecule has 0 aromatic heterocycles. The van der Waals surface area contributed by atoms with Crippen molar-refractivity contribution in [2.24, 2.45) is 5.14 Å². The Bertz CT molecular complexity index is 1100. The molecule has 2 N–H and O–H groups in total. The molecule has 3 rings (SSSR count). The summed E-state index contributed by atoms with van der Waals surface area (Å²) in [7, 11) is -4.12. The summed E-state index contributed by atoms with van der Waals surface area (Å²) in [6.07, 6.45) is 0. The normalized spacial score (nSPS) is 11.3. The van der Waals surface area contributed by atoms with Gasteiger partial charge in [0.15, 0.2) is 5.78 Å². The minimum absolute atomic E-state index is 0.0271. The van der Waals surface area contributed by atoms with Crippen LogP contribution in [0.15, 0.2) is 71.6 Å². The third-order valence-corrected chi connectivity index (χ3v) is 5.22. The highest BCUT2D eigenvalue weighted by molar-refractivity contribution is 7.89. The number of halogens is 2. The molecule has 0 saturated carbocycles. The fourth-order valence-electron chi connectivity index (χ4n) is 2.62. The number of carbonyl (C=O) groups is 1. The van der Waals surface area contributed by atoms with Gasteiger partial charge in [0.1, 0.15) is 10.7 Å². The van der Waals surface area contributed by atoms with Crippen LogP contribution in [0.5, 0.6) is 0 Å². The van der Waals surface area contributed by atoms with E-state index in [0.29, 0.717) is 11.1 Å². The topological polar surface area (TPSA) is 77.2 Å². The van der Waals surface area contributed by atoms with Gasteiger partial charge in [0, 0.05) is 5.56 Å². The molecular formula is C19H13ClFNO3S. The summed E-state index contributed by atoms with van der Waals surface area (Å²) in [5.74, 6) is -1.37. The average Bonchev–Trinajstić information content (AvgIpc) is 2.61. The Balaban J connectivity index is 2.19. The molecule has 0 unspecified atom stereocenters. The molecule has 4 nitrogen and oxygen atoms in total. The number of hydrogen-bond donors (Lipinski definition) is 1. The monoisotopic (exact) mass is 389 g/mol. The zero-order chi connectivity index (χ0) is 18.9. The lowest BCUT2D eigenvalue weighted by Crippen LogP contribution is -2.14. The van der Waals surface area contributed by atoms with Gasteiger partial charge in [0.05, 0.1) is 10.6 Å². The van der Waals surface area contributed by atoms with Crippen molar-refractivity contribution in [1.82, 2.24) is 0 Å². The van der Waals surface area contributed by atoms with Gasteiger partial charge >= 0.3 is 0 Å². The van der Waals surface area contributed by atoms with Crippen LogP contribution in [0.3, 0.4) is 0 Å². The first-order valence-corrected chi connectivity index (χ1v) is 9.42. The quantitative estimate of drug-likeness (QED) is 0.684.